The monoisotopic (exact) mass is 260 g/mol. The topological polar surface area (TPSA) is 29.5 Å². The lowest BCUT2D eigenvalue weighted by Gasteiger charge is -2.14. The summed E-state index contributed by atoms with van der Waals surface area (Å²) in [6.45, 7) is -1.66. The number of hydrogen-bond acceptors (Lipinski definition) is 2. The molecule has 1 N–H and O–H groups in total. The highest BCUT2D eigenvalue weighted by Gasteiger charge is 2.28. The largest absolute Gasteiger partial charge is 0.411 e. The summed E-state index contributed by atoms with van der Waals surface area (Å²) in [4.78, 5) is 0. The van der Waals surface area contributed by atoms with Crippen molar-refractivity contribution >= 4 is 0 Å². The van der Waals surface area contributed by atoms with E-state index >= 15 is 0 Å². The zero-order chi connectivity index (χ0) is 13.2. The van der Waals surface area contributed by atoms with Gasteiger partial charge in [-0.05, 0) is 36.0 Å². The number of alkyl halides is 3. The van der Waals surface area contributed by atoms with Gasteiger partial charge in [0.25, 0.3) is 0 Å². The maximum atomic E-state index is 11.9. The second-order valence-electron chi connectivity index (χ2n) is 4.53. The van der Waals surface area contributed by atoms with Gasteiger partial charge in [-0.15, -0.1) is 0 Å². The van der Waals surface area contributed by atoms with Crippen molar-refractivity contribution in [3.8, 4) is 0 Å². The van der Waals surface area contributed by atoms with Crippen molar-refractivity contribution in [2.75, 3.05) is 13.2 Å². The molecule has 0 aliphatic heterocycles. The van der Waals surface area contributed by atoms with E-state index in [4.69, 9.17) is 0 Å². The minimum atomic E-state index is -4.35. The van der Waals surface area contributed by atoms with E-state index in [2.05, 4.69) is 4.74 Å². The average molecular weight is 260 g/mol. The number of benzene rings is 1. The van der Waals surface area contributed by atoms with Crippen molar-refractivity contribution in [1.29, 1.82) is 0 Å². The summed E-state index contributed by atoms with van der Waals surface area (Å²) >= 11 is 0. The predicted octanol–water partition coefficient (Wildman–Crippen LogP) is 2.79. The van der Waals surface area contributed by atoms with E-state index in [0.29, 0.717) is 5.56 Å². The molecule has 1 unspecified atom stereocenters. The molecule has 100 valence electrons. The normalized spacial score (nSPS) is 16.7. The maximum Gasteiger partial charge on any atom is 0.411 e. The quantitative estimate of drug-likeness (QED) is 0.902. The number of halogens is 3. The Hall–Kier alpha value is -1.07. The average Bonchev–Trinajstić information content (AvgIpc) is 2.73. The molecular weight excluding hydrogens is 245 g/mol. The summed E-state index contributed by atoms with van der Waals surface area (Å²) in [5.41, 5.74) is 3.07. The highest BCUT2D eigenvalue weighted by atomic mass is 19.4. The van der Waals surface area contributed by atoms with Crippen LogP contribution in [-0.4, -0.2) is 24.5 Å². The third kappa shape index (κ3) is 3.46. The fourth-order valence-corrected chi connectivity index (χ4v) is 2.18. The Balaban J connectivity index is 1.91. The number of hydrogen-bond donors (Lipinski definition) is 1. The molecule has 1 aliphatic rings. The third-order valence-electron chi connectivity index (χ3n) is 3.05. The van der Waals surface area contributed by atoms with Crippen molar-refractivity contribution in [2.24, 2.45) is 0 Å². The van der Waals surface area contributed by atoms with Gasteiger partial charge in [0, 0.05) is 0 Å². The van der Waals surface area contributed by atoms with E-state index in [1.807, 2.05) is 12.1 Å². The Bertz CT molecular complexity index is 415. The van der Waals surface area contributed by atoms with E-state index in [1.54, 1.807) is 6.07 Å². The van der Waals surface area contributed by atoms with Gasteiger partial charge in [-0.3, -0.25) is 0 Å². The molecule has 0 radical (unpaired) electrons. The zero-order valence-electron chi connectivity index (χ0n) is 9.83. The standard InChI is InChI=1S/C13H15F3O2/c14-13(15,16)8-18-7-12(17)11-5-4-9-2-1-3-10(9)6-11/h4-6,12,17H,1-3,7-8H2. The van der Waals surface area contributed by atoms with Crippen molar-refractivity contribution in [1.82, 2.24) is 0 Å². The summed E-state index contributed by atoms with van der Waals surface area (Å²) in [7, 11) is 0. The minimum absolute atomic E-state index is 0.335. The zero-order valence-corrected chi connectivity index (χ0v) is 9.83. The molecule has 0 spiro atoms. The van der Waals surface area contributed by atoms with Crippen LogP contribution >= 0.6 is 0 Å². The van der Waals surface area contributed by atoms with Gasteiger partial charge < -0.3 is 9.84 Å². The first-order valence-corrected chi connectivity index (χ1v) is 5.90. The van der Waals surface area contributed by atoms with Gasteiger partial charge in [-0.25, -0.2) is 0 Å². The van der Waals surface area contributed by atoms with Crippen LogP contribution in [0.15, 0.2) is 18.2 Å². The van der Waals surface area contributed by atoms with Crippen molar-refractivity contribution < 1.29 is 23.0 Å². The number of rotatable bonds is 4. The van der Waals surface area contributed by atoms with Crippen LogP contribution in [0.4, 0.5) is 13.2 Å². The summed E-state index contributed by atoms with van der Waals surface area (Å²) in [5.74, 6) is 0. The molecule has 1 aliphatic carbocycles. The molecule has 0 aromatic heterocycles. The van der Waals surface area contributed by atoms with Crippen molar-refractivity contribution in [2.45, 2.75) is 31.5 Å². The smallest absolute Gasteiger partial charge is 0.386 e. The molecule has 0 amide bonds. The molecular formula is C13H15F3O2. The van der Waals surface area contributed by atoms with Crippen LogP contribution in [0.25, 0.3) is 0 Å². The van der Waals surface area contributed by atoms with Crippen LogP contribution in [0, 0.1) is 0 Å². The second-order valence-corrected chi connectivity index (χ2v) is 4.53. The molecule has 0 heterocycles. The van der Waals surface area contributed by atoms with E-state index in [9.17, 15) is 18.3 Å². The van der Waals surface area contributed by atoms with Crippen molar-refractivity contribution in [3.05, 3.63) is 34.9 Å². The van der Waals surface area contributed by atoms with Gasteiger partial charge in [-0.1, -0.05) is 18.2 Å². The van der Waals surface area contributed by atoms with Crippen LogP contribution in [0.1, 0.15) is 29.2 Å². The molecule has 0 saturated carbocycles. The van der Waals surface area contributed by atoms with Gasteiger partial charge in [-0.2, -0.15) is 13.2 Å². The predicted molar refractivity (Wildman–Crippen MR) is 60.3 cm³/mol. The number of aliphatic hydroxyl groups excluding tert-OH is 1. The molecule has 1 aromatic carbocycles. The molecule has 18 heavy (non-hydrogen) atoms. The van der Waals surface area contributed by atoms with E-state index in [0.717, 1.165) is 19.3 Å². The Labute approximate surface area is 103 Å². The third-order valence-corrected chi connectivity index (χ3v) is 3.05. The number of fused-ring (bicyclic) bond motifs is 1. The van der Waals surface area contributed by atoms with Crippen LogP contribution in [0.3, 0.4) is 0 Å². The Morgan fingerprint density at radius 2 is 1.94 bits per heavy atom. The fraction of sp³-hybridized carbons (Fsp3) is 0.538. The van der Waals surface area contributed by atoms with E-state index in [-0.39, 0.29) is 6.61 Å². The Morgan fingerprint density at radius 3 is 2.67 bits per heavy atom. The van der Waals surface area contributed by atoms with Gasteiger partial charge in [0.15, 0.2) is 0 Å². The first-order valence-electron chi connectivity index (χ1n) is 5.90. The molecule has 0 fully saturated rings. The second kappa shape index (κ2) is 5.28. The molecule has 5 heteroatoms. The van der Waals surface area contributed by atoms with Crippen molar-refractivity contribution in [3.63, 3.8) is 0 Å². The SMILES string of the molecule is OC(COCC(F)(F)F)c1ccc2c(c1)CCC2. The Kier molecular flexibility index (Phi) is 3.92. The summed E-state index contributed by atoms with van der Waals surface area (Å²) in [6.07, 6.45) is -2.24. The lowest BCUT2D eigenvalue weighted by atomic mass is 10.0. The molecule has 0 bridgehead atoms. The van der Waals surface area contributed by atoms with Gasteiger partial charge >= 0.3 is 6.18 Å². The van der Waals surface area contributed by atoms with Gasteiger partial charge in [0.05, 0.1) is 6.61 Å². The minimum Gasteiger partial charge on any atom is -0.386 e. The summed E-state index contributed by atoms with van der Waals surface area (Å²) in [5, 5.41) is 9.76. The Morgan fingerprint density at radius 1 is 1.22 bits per heavy atom. The first kappa shape index (κ1) is 13.4. The lowest BCUT2D eigenvalue weighted by Crippen LogP contribution is -2.19. The number of aryl methyl sites for hydroxylation is 2. The highest BCUT2D eigenvalue weighted by Crippen LogP contribution is 2.25. The molecule has 1 aromatic rings. The summed E-state index contributed by atoms with van der Waals surface area (Å²) < 4.78 is 40.1. The molecule has 1 atom stereocenters. The van der Waals surface area contributed by atoms with E-state index < -0.39 is 18.9 Å². The van der Waals surface area contributed by atoms with Crippen LogP contribution < -0.4 is 0 Å². The fourth-order valence-electron chi connectivity index (χ4n) is 2.18. The molecule has 2 rings (SSSR count). The van der Waals surface area contributed by atoms with Crippen LogP contribution in [0.5, 0.6) is 0 Å². The van der Waals surface area contributed by atoms with E-state index in [1.165, 1.54) is 11.1 Å². The maximum absolute atomic E-state index is 11.9. The first-order chi connectivity index (χ1) is 8.46. The lowest BCUT2D eigenvalue weighted by molar-refractivity contribution is -0.179. The van der Waals surface area contributed by atoms with Gasteiger partial charge in [0.2, 0.25) is 0 Å². The highest BCUT2D eigenvalue weighted by molar-refractivity contribution is 5.36. The molecule has 0 saturated heterocycles. The van der Waals surface area contributed by atoms with Crippen LogP contribution in [-0.2, 0) is 17.6 Å². The summed E-state index contributed by atoms with van der Waals surface area (Å²) in [6, 6.07) is 5.56. The van der Waals surface area contributed by atoms with Crippen LogP contribution in [0.2, 0.25) is 0 Å². The molecule has 2 nitrogen and oxygen atoms in total. The number of aliphatic hydroxyl groups is 1. The van der Waals surface area contributed by atoms with Gasteiger partial charge in [0.1, 0.15) is 12.7 Å². The number of ether oxygens (including phenoxy) is 1.